The van der Waals surface area contributed by atoms with Crippen LogP contribution in [0.25, 0.3) is 106 Å². The number of para-hydroxylation sites is 2. The van der Waals surface area contributed by atoms with Gasteiger partial charge < -0.3 is 8.98 Å². The van der Waals surface area contributed by atoms with Crippen molar-refractivity contribution in [2.45, 2.75) is 6.42 Å². The van der Waals surface area contributed by atoms with Crippen LogP contribution in [0, 0.1) is 0 Å². The maximum absolute atomic E-state index is 6.95. The van der Waals surface area contributed by atoms with E-state index in [0.29, 0.717) is 17.5 Å². The van der Waals surface area contributed by atoms with Crippen molar-refractivity contribution in [2.75, 3.05) is 0 Å². The topological polar surface area (TPSA) is 56.7 Å². The molecule has 1 aliphatic rings. The monoisotopic (exact) mass is 728 g/mol. The number of fused-ring (bicyclic) bond motifs is 10. The Morgan fingerprint density at radius 1 is 0.421 bits per heavy atom. The fourth-order valence-corrected chi connectivity index (χ4v) is 8.85. The summed E-state index contributed by atoms with van der Waals surface area (Å²) in [5.41, 5.74) is 15.4. The molecular weight excluding hydrogens is 697 g/mol. The van der Waals surface area contributed by atoms with Gasteiger partial charge in [0.25, 0.3) is 0 Å². The summed E-state index contributed by atoms with van der Waals surface area (Å²) in [7, 11) is 0. The van der Waals surface area contributed by atoms with Crippen LogP contribution in [0.2, 0.25) is 0 Å². The van der Waals surface area contributed by atoms with Gasteiger partial charge in [-0.15, -0.1) is 0 Å². The van der Waals surface area contributed by atoms with Gasteiger partial charge in [0.05, 0.1) is 16.7 Å². The molecule has 0 amide bonds. The average molecular weight is 729 g/mol. The average Bonchev–Trinajstić information content (AvgIpc) is 3.96. The molecule has 0 unspecified atom stereocenters. The van der Waals surface area contributed by atoms with Crippen LogP contribution in [0.3, 0.4) is 0 Å². The summed E-state index contributed by atoms with van der Waals surface area (Å²) in [6.45, 7) is 0. The summed E-state index contributed by atoms with van der Waals surface area (Å²) in [6.07, 6.45) is 0.897. The second-order valence-corrected chi connectivity index (χ2v) is 14.8. The number of nitrogens with zero attached hydrogens (tertiary/aromatic N) is 4. The van der Waals surface area contributed by atoms with Gasteiger partial charge in [0.15, 0.2) is 23.1 Å². The van der Waals surface area contributed by atoms with E-state index in [1.54, 1.807) is 0 Å². The van der Waals surface area contributed by atoms with E-state index in [-0.39, 0.29) is 0 Å². The Bertz CT molecular complexity index is 3380. The highest BCUT2D eigenvalue weighted by Gasteiger charge is 2.26. The summed E-state index contributed by atoms with van der Waals surface area (Å²) in [5, 5.41) is 4.59. The molecule has 266 valence electrons. The van der Waals surface area contributed by atoms with Gasteiger partial charge in [0, 0.05) is 44.7 Å². The lowest BCUT2D eigenvalue weighted by Gasteiger charge is -2.11. The highest BCUT2D eigenvalue weighted by atomic mass is 16.3. The molecule has 0 saturated carbocycles. The van der Waals surface area contributed by atoms with Crippen LogP contribution in [0.4, 0.5) is 0 Å². The molecule has 8 aromatic carbocycles. The predicted octanol–water partition coefficient (Wildman–Crippen LogP) is 13.1. The van der Waals surface area contributed by atoms with Crippen LogP contribution in [0.5, 0.6) is 0 Å². The number of aromatic nitrogens is 4. The Balaban J connectivity index is 1.04. The SMILES string of the molecule is c1ccc(-c2cccc(-c3nc(-c4ccccc4)nc(-c4ccc5c(c4)oc4c(-n6c7ccccc7c7ccc8c(c76)Cc6ccccc6-8)cccc45)n3)c2)cc1. The van der Waals surface area contributed by atoms with Crippen molar-refractivity contribution < 1.29 is 4.42 Å². The maximum atomic E-state index is 6.95. The van der Waals surface area contributed by atoms with Crippen molar-refractivity contribution in [3.63, 3.8) is 0 Å². The van der Waals surface area contributed by atoms with Crippen molar-refractivity contribution in [3.05, 3.63) is 193 Å². The van der Waals surface area contributed by atoms with E-state index >= 15 is 0 Å². The Morgan fingerprint density at radius 2 is 1.05 bits per heavy atom. The fraction of sp³-hybridized carbons (Fsp3) is 0.0192. The third kappa shape index (κ3) is 4.99. The van der Waals surface area contributed by atoms with Crippen molar-refractivity contribution in [1.29, 1.82) is 0 Å². The lowest BCUT2D eigenvalue weighted by atomic mass is 10.0. The van der Waals surface area contributed by atoms with Crippen molar-refractivity contribution >= 4 is 43.7 Å². The van der Waals surface area contributed by atoms with E-state index in [2.05, 4.69) is 150 Å². The molecule has 0 fully saturated rings. The van der Waals surface area contributed by atoms with Gasteiger partial charge in [-0.2, -0.15) is 0 Å². The van der Waals surface area contributed by atoms with E-state index in [9.17, 15) is 0 Å². The molecular formula is C52H32N4O. The first kappa shape index (κ1) is 31.7. The molecule has 0 spiro atoms. The van der Waals surface area contributed by atoms with E-state index in [1.807, 2.05) is 36.4 Å². The van der Waals surface area contributed by atoms with Gasteiger partial charge >= 0.3 is 0 Å². The summed E-state index contributed by atoms with van der Waals surface area (Å²) >= 11 is 0. The summed E-state index contributed by atoms with van der Waals surface area (Å²) in [5.74, 6) is 1.82. The Labute approximate surface area is 328 Å². The normalized spacial score (nSPS) is 12.1. The molecule has 3 aromatic heterocycles. The fourth-order valence-electron chi connectivity index (χ4n) is 8.85. The molecule has 0 aliphatic heterocycles. The molecule has 5 heteroatoms. The first-order valence-corrected chi connectivity index (χ1v) is 19.3. The van der Waals surface area contributed by atoms with Gasteiger partial charge in [-0.3, -0.25) is 0 Å². The van der Waals surface area contributed by atoms with Crippen LogP contribution in [-0.2, 0) is 6.42 Å². The van der Waals surface area contributed by atoms with Crippen molar-refractivity contribution in [3.8, 4) is 62.1 Å². The molecule has 11 aromatic rings. The van der Waals surface area contributed by atoms with Crippen molar-refractivity contribution in [2.24, 2.45) is 0 Å². The first-order valence-electron chi connectivity index (χ1n) is 19.3. The number of benzene rings is 8. The number of rotatable bonds is 5. The molecule has 3 heterocycles. The highest BCUT2D eigenvalue weighted by molar-refractivity contribution is 6.15. The van der Waals surface area contributed by atoms with Gasteiger partial charge in [-0.1, -0.05) is 152 Å². The van der Waals surface area contributed by atoms with E-state index in [4.69, 9.17) is 19.4 Å². The molecule has 0 atom stereocenters. The lowest BCUT2D eigenvalue weighted by molar-refractivity contribution is 0.666. The van der Waals surface area contributed by atoms with Gasteiger partial charge in [0.2, 0.25) is 0 Å². The zero-order valence-electron chi connectivity index (χ0n) is 30.7. The minimum Gasteiger partial charge on any atom is -0.454 e. The first-order chi connectivity index (χ1) is 28.2. The molecule has 0 bridgehead atoms. The predicted molar refractivity (Wildman–Crippen MR) is 231 cm³/mol. The highest BCUT2D eigenvalue weighted by Crippen LogP contribution is 2.45. The quantitative estimate of drug-likeness (QED) is 0.177. The largest absolute Gasteiger partial charge is 0.454 e. The zero-order valence-corrected chi connectivity index (χ0v) is 30.7. The second-order valence-electron chi connectivity index (χ2n) is 14.8. The van der Waals surface area contributed by atoms with Gasteiger partial charge in [-0.25, -0.2) is 15.0 Å². The second kappa shape index (κ2) is 12.4. The Morgan fingerprint density at radius 3 is 1.89 bits per heavy atom. The van der Waals surface area contributed by atoms with Crippen molar-refractivity contribution in [1.82, 2.24) is 19.5 Å². The molecule has 5 nitrogen and oxygen atoms in total. The molecule has 1 aliphatic carbocycles. The van der Waals surface area contributed by atoms with Crippen LogP contribution in [0.15, 0.2) is 186 Å². The molecule has 0 radical (unpaired) electrons. The standard InChI is InChI=1S/C52H32N4O/c1-3-13-32(14-4-1)34-18-11-19-36(29-34)51-53-50(33-15-5-2-6-16-33)54-52(55-51)37-25-26-41-43-22-12-24-46(49(43)57-47(41)31-37)56-45-23-10-9-21-40(45)42-28-27-39-38-20-8-7-17-35(38)30-44(39)48(42)56/h1-29,31H,30H2. The number of hydrogen-bond acceptors (Lipinski definition) is 4. The third-order valence-corrected chi connectivity index (χ3v) is 11.5. The summed E-state index contributed by atoms with van der Waals surface area (Å²) < 4.78 is 9.38. The Kier molecular flexibility index (Phi) is 6.92. The minimum atomic E-state index is 0.587. The molecule has 57 heavy (non-hydrogen) atoms. The molecule has 0 N–H and O–H groups in total. The maximum Gasteiger partial charge on any atom is 0.164 e. The third-order valence-electron chi connectivity index (χ3n) is 11.5. The Hall–Kier alpha value is -7.63. The van der Waals surface area contributed by atoms with E-state index in [1.165, 1.54) is 38.5 Å². The summed E-state index contributed by atoms with van der Waals surface area (Å²) in [4.78, 5) is 15.2. The zero-order chi connectivity index (χ0) is 37.5. The number of hydrogen-bond donors (Lipinski definition) is 0. The molecule has 12 rings (SSSR count). The minimum absolute atomic E-state index is 0.587. The van der Waals surface area contributed by atoms with E-state index in [0.717, 1.165) is 67.4 Å². The number of furan rings is 1. The van der Waals surface area contributed by atoms with Crippen LogP contribution in [0.1, 0.15) is 11.1 Å². The smallest absolute Gasteiger partial charge is 0.164 e. The summed E-state index contributed by atoms with van der Waals surface area (Å²) in [6, 6.07) is 63.8. The lowest BCUT2D eigenvalue weighted by Crippen LogP contribution is -2.00. The van der Waals surface area contributed by atoms with Crippen LogP contribution < -0.4 is 0 Å². The van der Waals surface area contributed by atoms with Crippen LogP contribution >= 0.6 is 0 Å². The van der Waals surface area contributed by atoms with Crippen LogP contribution in [-0.4, -0.2) is 19.5 Å². The van der Waals surface area contributed by atoms with Gasteiger partial charge in [-0.05, 0) is 63.7 Å². The van der Waals surface area contributed by atoms with E-state index < -0.39 is 0 Å². The molecule has 0 saturated heterocycles. The van der Waals surface area contributed by atoms with Gasteiger partial charge in [0.1, 0.15) is 5.58 Å².